The Kier molecular flexibility index (Phi) is 11.0. The van der Waals surface area contributed by atoms with Crippen molar-refractivity contribution in [3.05, 3.63) is 72.4 Å². The number of hydrogen-bond acceptors (Lipinski definition) is 7. The Balaban J connectivity index is 0.000000360. The number of nitrogens with two attached hydrogens (primary N) is 1. The van der Waals surface area contributed by atoms with Crippen LogP contribution >= 0.6 is 11.9 Å². The standard InChI is InChI=1S/C19H12F3N5S.C6H12.C2H7N/c20-12-6-13(9-24-8-12)28-27-16-4-2-14(21)17(18(16)22)10-1-3-15-11(5-10)7-25-19(23)26-15;1-2-4-6-5-3-1;1-3-2/h1-9,27H,(H2,23,25,26);1-6H2;3H,1-2H3. The van der Waals surface area contributed by atoms with Gasteiger partial charge < -0.3 is 15.8 Å². The van der Waals surface area contributed by atoms with Gasteiger partial charge in [0.25, 0.3) is 0 Å². The zero-order valence-electron chi connectivity index (χ0n) is 20.9. The summed E-state index contributed by atoms with van der Waals surface area (Å²) >= 11 is 0.967. The van der Waals surface area contributed by atoms with Gasteiger partial charge in [-0.3, -0.25) is 4.98 Å². The lowest BCUT2D eigenvalue weighted by molar-refractivity contribution is 0.504. The van der Waals surface area contributed by atoms with Gasteiger partial charge in [0.15, 0.2) is 5.82 Å². The Hall–Kier alpha value is -3.37. The van der Waals surface area contributed by atoms with Crippen LogP contribution in [0.5, 0.6) is 0 Å². The van der Waals surface area contributed by atoms with E-state index in [2.05, 4.69) is 25.0 Å². The molecule has 0 radical (unpaired) electrons. The lowest BCUT2D eigenvalue weighted by Gasteiger charge is -2.12. The first-order chi connectivity index (χ1) is 17.9. The Morgan fingerprint density at radius 3 is 2.19 bits per heavy atom. The summed E-state index contributed by atoms with van der Waals surface area (Å²) in [5, 5.41) is 3.35. The van der Waals surface area contributed by atoms with Crippen molar-refractivity contribution in [3.8, 4) is 11.1 Å². The van der Waals surface area contributed by atoms with Gasteiger partial charge in [-0.15, -0.1) is 0 Å². The highest BCUT2D eigenvalue weighted by Gasteiger charge is 2.16. The second-order valence-electron chi connectivity index (χ2n) is 8.45. The summed E-state index contributed by atoms with van der Waals surface area (Å²) in [7, 11) is 3.75. The molecule has 1 saturated carbocycles. The summed E-state index contributed by atoms with van der Waals surface area (Å²) in [4.78, 5) is 12.1. The SMILES string of the molecule is C1CCCCC1.CNC.Nc1ncc2cc(-c3c(F)ccc(NSc4cncc(F)c4)c3F)ccc2n1. The highest BCUT2D eigenvalue weighted by molar-refractivity contribution is 8.00. The monoisotopic (exact) mass is 528 g/mol. The van der Waals surface area contributed by atoms with Gasteiger partial charge in [-0.1, -0.05) is 44.6 Å². The van der Waals surface area contributed by atoms with Crippen LogP contribution in [0, 0.1) is 17.5 Å². The molecule has 2 heterocycles. The van der Waals surface area contributed by atoms with Crippen LogP contribution in [-0.4, -0.2) is 29.0 Å². The van der Waals surface area contributed by atoms with Crippen LogP contribution in [0.4, 0.5) is 24.8 Å². The first-order valence-corrected chi connectivity index (χ1v) is 12.9. The fraction of sp³-hybridized carbons (Fsp3) is 0.296. The second-order valence-corrected chi connectivity index (χ2v) is 9.33. The van der Waals surface area contributed by atoms with Crippen LogP contribution in [0.25, 0.3) is 22.0 Å². The van der Waals surface area contributed by atoms with Crippen LogP contribution in [-0.2, 0) is 0 Å². The van der Waals surface area contributed by atoms with Crippen molar-refractivity contribution in [2.45, 2.75) is 43.4 Å². The molecule has 6 nitrogen and oxygen atoms in total. The number of nitrogens with zero attached hydrogens (tertiary/aromatic N) is 3. The summed E-state index contributed by atoms with van der Waals surface area (Å²) in [6.07, 6.45) is 13.0. The Labute approximate surface area is 219 Å². The van der Waals surface area contributed by atoms with Crippen LogP contribution in [0.15, 0.2) is 59.9 Å². The molecule has 1 aliphatic carbocycles. The van der Waals surface area contributed by atoms with Crippen molar-refractivity contribution in [2.24, 2.45) is 0 Å². The molecule has 1 fully saturated rings. The van der Waals surface area contributed by atoms with Gasteiger partial charge in [0.05, 0.1) is 23.0 Å². The molecule has 0 amide bonds. The third-order valence-corrected chi connectivity index (χ3v) is 6.22. The fourth-order valence-corrected chi connectivity index (χ4v) is 4.39. The quantitative estimate of drug-likeness (QED) is 0.246. The highest BCUT2D eigenvalue weighted by Crippen LogP contribution is 2.34. The summed E-state index contributed by atoms with van der Waals surface area (Å²) in [5.41, 5.74) is 6.31. The Morgan fingerprint density at radius 2 is 1.54 bits per heavy atom. The molecule has 0 bridgehead atoms. The van der Waals surface area contributed by atoms with Gasteiger partial charge in [-0.25, -0.2) is 23.1 Å². The molecule has 0 atom stereocenters. The van der Waals surface area contributed by atoms with Crippen molar-refractivity contribution in [3.63, 3.8) is 0 Å². The number of rotatable bonds is 4. The largest absolute Gasteiger partial charge is 0.368 e. The van der Waals surface area contributed by atoms with Crippen LogP contribution in [0.1, 0.15) is 38.5 Å². The van der Waals surface area contributed by atoms with E-state index >= 15 is 4.39 Å². The minimum atomic E-state index is -0.771. The third kappa shape index (κ3) is 8.33. The molecule has 5 rings (SSSR count). The predicted molar refractivity (Wildman–Crippen MR) is 146 cm³/mol. The molecule has 0 spiro atoms. The molecule has 1 aliphatic rings. The van der Waals surface area contributed by atoms with E-state index in [-0.39, 0.29) is 17.2 Å². The van der Waals surface area contributed by atoms with E-state index in [0.29, 0.717) is 21.4 Å². The van der Waals surface area contributed by atoms with Crippen LogP contribution in [0.3, 0.4) is 0 Å². The molecular weight excluding hydrogens is 497 g/mol. The normalized spacial score (nSPS) is 12.7. The average molecular weight is 529 g/mol. The second kappa shape index (κ2) is 14.4. The molecule has 2 aromatic carbocycles. The van der Waals surface area contributed by atoms with Gasteiger partial charge in [0, 0.05) is 22.7 Å². The average Bonchev–Trinajstić information content (AvgIpc) is 2.90. The summed E-state index contributed by atoms with van der Waals surface area (Å²) in [5.74, 6) is -1.87. The van der Waals surface area contributed by atoms with E-state index in [9.17, 15) is 8.78 Å². The minimum absolute atomic E-state index is 0.0549. The number of benzene rings is 2. The van der Waals surface area contributed by atoms with Gasteiger partial charge in [0.1, 0.15) is 11.6 Å². The van der Waals surface area contributed by atoms with E-state index < -0.39 is 17.5 Å². The first kappa shape index (κ1) is 28.2. The van der Waals surface area contributed by atoms with Crippen molar-refractivity contribution >= 4 is 34.5 Å². The van der Waals surface area contributed by atoms with Gasteiger partial charge in [-0.05, 0) is 61.9 Å². The number of anilines is 2. The van der Waals surface area contributed by atoms with E-state index in [1.54, 1.807) is 18.2 Å². The van der Waals surface area contributed by atoms with Crippen molar-refractivity contribution in [1.82, 2.24) is 20.3 Å². The Bertz CT molecular complexity index is 1290. The molecular formula is C27H31F3N6S. The van der Waals surface area contributed by atoms with Crippen molar-refractivity contribution in [1.29, 1.82) is 0 Å². The van der Waals surface area contributed by atoms with E-state index in [0.717, 1.165) is 24.2 Å². The predicted octanol–water partition coefficient (Wildman–Crippen LogP) is 6.99. The zero-order chi connectivity index (χ0) is 26.6. The topological polar surface area (TPSA) is 88.8 Å². The van der Waals surface area contributed by atoms with E-state index in [4.69, 9.17) is 5.73 Å². The number of halogens is 3. The lowest BCUT2D eigenvalue weighted by atomic mass is 10.0. The minimum Gasteiger partial charge on any atom is -0.368 e. The molecule has 0 unspecified atom stereocenters. The molecule has 37 heavy (non-hydrogen) atoms. The van der Waals surface area contributed by atoms with Gasteiger partial charge in [-0.2, -0.15) is 0 Å². The van der Waals surface area contributed by atoms with Gasteiger partial charge in [0.2, 0.25) is 5.95 Å². The summed E-state index contributed by atoms with van der Waals surface area (Å²) < 4.78 is 45.4. The molecule has 4 aromatic rings. The first-order valence-electron chi connectivity index (χ1n) is 12.1. The number of pyridine rings is 1. The maximum Gasteiger partial charge on any atom is 0.220 e. The number of hydrogen-bond donors (Lipinski definition) is 3. The molecule has 0 aliphatic heterocycles. The van der Waals surface area contributed by atoms with Crippen molar-refractivity contribution in [2.75, 3.05) is 24.6 Å². The lowest BCUT2D eigenvalue weighted by Crippen LogP contribution is -1.98. The zero-order valence-corrected chi connectivity index (χ0v) is 21.7. The number of nitrogens with one attached hydrogen (secondary N) is 2. The van der Waals surface area contributed by atoms with Crippen molar-refractivity contribution < 1.29 is 13.2 Å². The maximum absolute atomic E-state index is 15.0. The molecule has 10 heteroatoms. The number of nitrogen functional groups attached to an aromatic ring is 1. The Morgan fingerprint density at radius 1 is 0.865 bits per heavy atom. The molecule has 4 N–H and O–H groups in total. The number of fused-ring (bicyclic) bond motifs is 1. The maximum atomic E-state index is 15.0. The highest BCUT2D eigenvalue weighted by atomic mass is 32.2. The number of aromatic nitrogens is 3. The van der Waals surface area contributed by atoms with Crippen LogP contribution < -0.4 is 15.8 Å². The molecule has 2 aromatic heterocycles. The molecule has 0 saturated heterocycles. The fourth-order valence-electron chi connectivity index (χ4n) is 3.72. The third-order valence-electron chi connectivity index (χ3n) is 5.44. The summed E-state index contributed by atoms with van der Waals surface area (Å²) in [6.45, 7) is 0. The summed E-state index contributed by atoms with van der Waals surface area (Å²) in [6, 6.07) is 8.46. The molecule has 196 valence electrons. The van der Waals surface area contributed by atoms with E-state index in [1.807, 2.05) is 14.1 Å². The van der Waals surface area contributed by atoms with Gasteiger partial charge >= 0.3 is 0 Å². The van der Waals surface area contributed by atoms with E-state index in [1.165, 1.54) is 63.1 Å². The smallest absolute Gasteiger partial charge is 0.220 e. The van der Waals surface area contributed by atoms with Crippen LogP contribution in [0.2, 0.25) is 0 Å².